The number of ether oxygens (including phenoxy) is 1. The van der Waals surface area contributed by atoms with Crippen LogP contribution in [-0.4, -0.2) is 36.0 Å². The van der Waals surface area contributed by atoms with Crippen LogP contribution in [0, 0.1) is 0 Å². The van der Waals surface area contributed by atoms with E-state index in [0.717, 1.165) is 0 Å². The molecule has 0 unspecified atom stereocenters. The first-order chi connectivity index (χ1) is 7.47. The molecule has 0 aliphatic heterocycles. The Hall–Kier alpha value is -1.78. The van der Waals surface area contributed by atoms with Gasteiger partial charge in [-0.05, 0) is 26.0 Å². The average Bonchev–Trinajstić information content (AvgIpc) is 2.27. The van der Waals surface area contributed by atoms with E-state index in [4.69, 9.17) is 10.5 Å². The van der Waals surface area contributed by atoms with Gasteiger partial charge in [-0.15, -0.1) is 0 Å². The van der Waals surface area contributed by atoms with Gasteiger partial charge < -0.3 is 15.4 Å². The summed E-state index contributed by atoms with van der Waals surface area (Å²) in [5.74, 6) is 0.135. The van der Waals surface area contributed by atoms with Crippen molar-refractivity contribution in [1.29, 1.82) is 0 Å². The van der Waals surface area contributed by atoms with Crippen LogP contribution in [0.25, 0.3) is 0 Å². The molecule has 0 saturated heterocycles. The molecule has 0 aliphatic rings. The van der Waals surface area contributed by atoms with Gasteiger partial charge in [0.05, 0.1) is 12.8 Å². The second kappa shape index (κ2) is 4.83. The van der Waals surface area contributed by atoms with Crippen molar-refractivity contribution in [1.82, 2.24) is 9.88 Å². The summed E-state index contributed by atoms with van der Waals surface area (Å²) in [6.45, 7) is 3.87. The Morgan fingerprint density at radius 1 is 1.50 bits per heavy atom. The third-order valence-corrected chi connectivity index (χ3v) is 2.40. The highest BCUT2D eigenvalue weighted by Crippen LogP contribution is 2.18. The Morgan fingerprint density at radius 3 is 2.62 bits per heavy atom. The third-order valence-electron chi connectivity index (χ3n) is 2.40. The quantitative estimate of drug-likeness (QED) is 0.834. The molecular formula is C11H17N3O2. The smallest absolute Gasteiger partial charge is 0.272 e. The van der Waals surface area contributed by atoms with Crippen molar-refractivity contribution in [3.05, 3.63) is 17.8 Å². The van der Waals surface area contributed by atoms with Crippen LogP contribution < -0.4 is 10.5 Å². The molecule has 0 fully saturated rings. The molecule has 0 atom stereocenters. The number of anilines is 1. The summed E-state index contributed by atoms with van der Waals surface area (Å²) >= 11 is 0. The number of aromatic nitrogens is 1. The predicted molar refractivity (Wildman–Crippen MR) is 62.4 cm³/mol. The summed E-state index contributed by atoms with van der Waals surface area (Å²) in [4.78, 5) is 17.6. The summed E-state index contributed by atoms with van der Waals surface area (Å²) in [5.41, 5.74) is 6.38. The Balaban J connectivity index is 3.01. The molecule has 0 aromatic carbocycles. The van der Waals surface area contributed by atoms with Crippen LogP contribution in [0.3, 0.4) is 0 Å². The van der Waals surface area contributed by atoms with Crippen molar-refractivity contribution in [2.75, 3.05) is 19.9 Å². The lowest BCUT2D eigenvalue weighted by Gasteiger charge is -2.21. The molecule has 0 saturated carbocycles. The van der Waals surface area contributed by atoms with E-state index in [1.54, 1.807) is 24.1 Å². The zero-order chi connectivity index (χ0) is 12.3. The van der Waals surface area contributed by atoms with Crippen molar-refractivity contribution in [3.8, 4) is 5.88 Å². The van der Waals surface area contributed by atoms with Gasteiger partial charge in [0.1, 0.15) is 5.69 Å². The van der Waals surface area contributed by atoms with Crippen molar-refractivity contribution in [3.63, 3.8) is 0 Å². The average molecular weight is 223 g/mol. The van der Waals surface area contributed by atoms with E-state index in [-0.39, 0.29) is 17.8 Å². The molecule has 1 rings (SSSR count). The standard InChI is InChI=1S/C11H17N3O2/c1-7(2)14(3)11(15)9-6-5-8(12)10(13-9)16-4/h5-7H,12H2,1-4H3. The molecule has 1 aromatic rings. The summed E-state index contributed by atoms with van der Waals surface area (Å²) in [7, 11) is 3.20. The predicted octanol–water partition coefficient (Wildman–Crippen LogP) is 1.15. The topological polar surface area (TPSA) is 68.5 Å². The molecule has 1 aromatic heterocycles. The molecule has 0 aliphatic carbocycles. The first-order valence-corrected chi connectivity index (χ1v) is 5.05. The maximum atomic E-state index is 11.9. The number of nitrogens with two attached hydrogens (primary N) is 1. The summed E-state index contributed by atoms with van der Waals surface area (Å²) in [6.07, 6.45) is 0. The number of amides is 1. The Morgan fingerprint density at radius 2 is 2.12 bits per heavy atom. The molecule has 0 spiro atoms. The van der Waals surface area contributed by atoms with Gasteiger partial charge in [-0.3, -0.25) is 4.79 Å². The number of hydrogen-bond donors (Lipinski definition) is 1. The lowest BCUT2D eigenvalue weighted by atomic mass is 10.2. The number of hydrogen-bond acceptors (Lipinski definition) is 4. The van der Waals surface area contributed by atoms with E-state index in [2.05, 4.69) is 4.98 Å². The monoisotopic (exact) mass is 223 g/mol. The Labute approximate surface area is 95.2 Å². The molecule has 88 valence electrons. The number of carbonyl (C=O) groups is 1. The van der Waals surface area contributed by atoms with Crippen molar-refractivity contribution in [2.24, 2.45) is 0 Å². The highest BCUT2D eigenvalue weighted by atomic mass is 16.5. The second-order valence-electron chi connectivity index (χ2n) is 3.80. The number of carbonyl (C=O) groups excluding carboxylic acids is 1. The minimum Gasteiger partial charge on any atom is -0.480 e. The molecular weight excluding hydrogens is 206 g/mol. The molecule has 0 bridgehead atoms. The molecule has 16 heavy (non-hydrogen) atoms. The fourth-order valence-corrected chi connectivity index (χ4v) is 1.15. The number of rotatable bonds is 3. The van der Waals surface area contributed by atoms with Crippen molar-refractivity contribution >= 4 is 11.6 Å². The lowest BCUT2D eigenvalue weighted by Crippen LogP contribution is -2.33. The van der Waals surface area contributed by atoms with E-state index in [9.17, 15) is 4.79 Å². The first-order valence-electron chi connectivity index (χ1n) is 5.05. The van der Waals surface area contributed by atoms with Crippen LogP contribution in [0.4, 0.5) is 5.69 Å². The summed E-state index contributed by atoms with van der Waals surface area (Å²) in [5, 5.41) is 0. The van der Waals surface area contributed by atoms with Crippen LogP contribution >= 0.6 is 0 Å². The summed E-state index contributed by atoms with van der Waals surface area (Å²) in [6, 6.07) is 3.34. The largest absolute Gasteiger partial charge is 0.480 e. The molecule has 1 heterocycles. The van der Waals surface area contributed by atoms with E-state index < -0.39 is 0 Å². The Kier molecular flexibility index (Phi) is 3.71. The molecule has 1 amide bonds. The number of nitrogens with zero attached hydrogens (tertiary/aromatic N) is 2. The lowest BCUT2D eigenvalue weighted by molar-refractivity contribution is 0.0748. The highest BCUT2D eigenvalue weighted by Gasteiger charge is 2.17. The maximum absolute atomic E-state index is 11.9. The van der Waals surface area contributed by atoms with Crippen LogP contribution in [0.1, 0.15) is 24.3 Å². The van der Waals surface area contributed by atoms with Crippen molar-refractivity contribution in [2.45, 2.75) is 19.9 Å². The van der Waals surface area contributed by atoms with Gasteiger partial charge >= 0.3 is 0 Å². The maximum Gasteiger partial charge on any atom is 0.272 e. The van der Waals surface area contributed by atoms with Crippen molar-refractivity contribution < 1.29 is 9.53 Å². The molecule has 5 nitrogen and oxygen atoms in total. The van der Waals surface area contributed by atoms with Gasteiger partial charge in [0.2, 0.25) is 5.88 Å². The third kappa shape index (κ3) is 2.42. The SMILES string of the molecule is COc1nc(C(=O)N(C)C(C)C)ccc1N. The molecule has 0 radical (unpaired) electrons. The Bertz CT molecular complexity index is 391. The normalized spacial score (nSPS) is 10.3. The minimum absolute atomic E-state index is 0.123. The van der Waals surface area contributed by atoms with Crippen LogP contribution in [0.2, 0.25) is 0 Å². The summed E-state index contributed by atoms with van der Waals surface area (Å²) < 4.78 is 4.97. The first kappa shape index (κ1) is 12.3. The van der Waals surface area contributed by atoms with Gasteiger partial charge in [0.25, 0.3) is 5.91 Å². The number of methoxy groups -OCH3 is 1. The zero-order valence-electron chi connectivity index (χ0n) is 10.0. The van der Waals surface area contributed by atoms with Gasteiger partial charge in [-0.2, -0.15) is 0 Å². The van der Waals surface area contributed by atoms with E-state index >= 15 is 0 Å². The fourth-order valence-electron chi connectivity index (χ4n) is 1.15. The fraction of sp³-hybridized carbons (Fsp3) is 0.455. The van der Waals surface area contributed by atoms with E-state index in [1.165, 1.54) is 7.11 Å². The van der Waals surface area contributed by atoms with Crippen LogP contribution in [-0.2, 0) is 0 Å². The van der Waals surface area contributed by atoms with Gasteiger partial charge in [0, 0.05) is 13.1 Å². The minimum atomic E-state index is -0.145. The number of pyridine rings is 1. The zero-order valence-corrected chi connectivity index (χ0v) is 10.0. The molecule has 2 N–H and O–H groups in total. The van der Waals surface area contributed by atoms with Gasteiger partial charge in [0.15, 0.2) is 0 Å². The highest BCUT2D eigenvalue weighted by molar-refractivity contribution is 5.92. The van der Waals surface area contributed by atoms with E-state index in [0.29, 0.717) is 11.4 Å². The van der Waals surface area contributed by atoms with Gasteiger partial charge in [-0.1, -0.05) is 0 Å². The van der Waals surface area contributed by atoms with Crippen LogP contribution in [0.15, 0.2) is 12.1 Å². The van der Waals surface area contributed by atoms with E-state index in [1.807, 2.05) is 13.8 Å². The van der Waals surface area contributed by atoms with Crippen LogP contribution in [0.5, 0.6) is 5.88 Å². The second-order valence-corrected chi connectivity index (χ2v) is 3.80. The number of nitrogen functional groups attached to an aromatic ring is 1. The molecule has 5 heteroatoms. The van der Waals surface area contributed by atoms with Gasteiger partial charge in [-0.25, -0.2) is 4.98 Å².